The number of methoxy groups -OCH3 is 1. The smallest absolute Gasteiger partial charge is 0.339 e. The number of esters is 1. The van der Waals surface area contributed by atoms with Gasteiger partial charge < -0.3 is 9.30 Å². The third kappa shape index (κ3) is 1.16. The van der Waals surface area contributed by atoms with Crippen molar-refractivity contribution in [2.45, 2.75) is 19.4 Å². The van der Waals surface area contributed by atoms with Gasteiger partial charge in [-0.2, -0.15) is 0 Å². The first-order valence-electron chi connectivity index (χ1n) is 4.71. The average Bonchev–Trinajstić information content (AvgIpc) is 2.76. The molecule has 1 aliphatic rings. The van der Waals surface area contributed by atoms with E-state index in [1.54, 1.807) is 6.08 Å². The Morgan fingerprint density at radius 2 is 2.50 bits per heavy atom. The van der Waals surface area contributed by atoms with Gasteiger partial charge in [-0.3, -0.25) is 0 Å². The van der Waals surface area contributed by atoms with Gasteiger partial charge in [0.1, 0.15) is 0 Å². The zero-order valence-corrected chi connectivity index (χ0v) is 8.25. The first-order valence-corrected chi connectivity index (χ1v) is 4.71. The van der Waals surface area contributed by atoms with Crippen LogP contribution in [0, 0.1) is 0 Å². The molecule has 0 spiro atoms. The Balaban J connectivity index is 2.52. The van der Waals surface area contributed by atoms with Crippen LogP contribution in [-0.4, -0.2) is 17.6 Å². The number of nitrogens with zero attached hydrogens (tertiary/aromatic N) is 1. The zero-order valence-electron chi connectivity index (χ0n) is 8.25. The van der Waals surface area contributed by atoms with E-state index in [1.165, 1.54) is 7.11 Å². The number of fused-ring (bicyclic) bond motifs is 1. The maximum atomic E-state index is 11.4. The molecule has 0 atom stereocenters. The number of hydrogen-bond acceptors (Lipinski definition) is 2. The normalized spacial score (nSPS) is 13.8. The van der Waals surface area contributed by atoms with Crippen LogP contribution in [0.15, 0.2) is 12.6 Å². The second-order valence-electron chi connectivity index (χ2n) is 3.38. The minimum absolute atomic E-state index is 0.247. The molecular formula is C11H13NO2. The summed E-state index contributed by atoms with van der Waals surface area (Å²) in [5.74, 6) is -0.247. The maximum Gasteiger partial charge on any atom is 0.339 e. The zero-order chi connectivity index (χ0) is 10.1. The molecule has 14 heavy (non-hydrogen) atoms. The lowest BCUT2D eigenvalue weighted by molar-refractivity contribution is 0.0599. The molecule has 0 fully saturated rings. The Bertz CT molecular complexity index is 390. The molecule has 1 aliphatic heterocycles. The van der Waals surface area contributed by atoms with Crippen LogP contribution in [0.1, 0.15) is 28.2 Å². The van der Waals surface area contributed by atoms with Crippen LogP contribution < -0.4 is 0 Å². The summed E-state index contributed by atoms with van der Waals surface area (Å²) in [5.41, 5.74) is 2.80. The van der Waals surface area contributed by atoms with Crippen molar-refractivity contribution in [1.82, 2.24) is 4.57 Å². The Kier molecular flexibility index (Phi) is 2.15. The van der Waals surface area contributed by atoms with Gasteiger partial charge in [0.05, 0.1) is 12.7 Å². The highest BCUT2D eigenvalue weighted by atomic mass is 16.5. The molecule has 0 bridgehead atoms. The van der Waals surface area contributed by atoms with Crippen LogP contribution in [0.3, 0.4) is 0 Å². The molecule has 2 heterocycles. The van der Waals surface area contributed by atoms with E-state index in [9.17, 15) is 4.79 Å². The van der Waals surface area contributed by atoms with Gasteiger partial charge in [0.2, 0.25) is 0 Å². The van der Waals surface area contributed by atoms with E-state index in [1.807, 2.05) is 6.07 Å². The number of carbonyl (C=O) groups is 1. The topological polar surface area (TPSA) is 31.2 Å². The maximum absolute atomic E-state index is 11.4. The van der Waals surface area contributed by atoms with E-state index < -0.39 is 0 Å². The van der Waals surface area contributed by atoms with Gasteiger partial charge in [-0.25, -0.2) is 4.79 Å². The number of aromatic nitrogens is 1. The third-order valence-corrected chi connectivity index (χ3v) is 2.65. The average molecular weight is 191 g/mol. The van der Waals surface area contributed by atoms with E-state index >= 15 is 0 Å². The third-order valence-electron chi connectivity index (χ3n) is 2.65. The first-order chi connectivity index (χ1) is 6.77. The van der Waals surface area contributed by atoms with Crippen molar-refractivity contribution in [2.75, 3.05) is 7.11 Å². The number of ether oxygens (including phenoxy) is 1. The van der Waals surface area contributed by atoms with E-state index in [2.05, 4.69) is 11.1 Å². The van der Waals surface area contributed by atoms with Crippen molar-refractivity contribution < 1.29 is 9.53 Å². The molecule has 0 N–H and O–H groups in total. The van der Waals surface area contributed by atoms with Crippen molar-refractivity contribution in [3.05, 3.63) is 29.6 Å². The molecule has 0 aromatic carbocycles. The van der Waals surface area contributed by atoms with Crippen LogP contribution in [-0.2, 0) is 17.7 Å². The second-order valence-corrected chi connectivity index (χ2v) is 3.38. The summed E-state index contributed by atoms with van der Waals surface area (Å²) in [5, 5.41) is 0. The van der Waals surface area contributed by atoms with E-state index in [4.69, 9.17) is 4.74 Å². The lowest BCUT2D eigenvalue weighted by Crippen LogP contribution is -2.03. The summed E-state index contributed by atoms with van der Waals surface area (Å²) in [4.78, 5) is 11.4. The van der Waals surface area contributed by atoms with Crippen LogP contribution in [0.2, 0.25) is 0 Å². The fourth-order valence-corrected chi connectivity index (χ4v) is 2.00. The molecule has 0 saturated carbocycles. The van der Waals surface area contributed by atoms with Crippen molar-refractivity contribution in [1.29, 1.82) is 0 Å². The lowest BCUT2D eigenvalue weighted by Gasteiger charge is -2.00. The summed E-state index contributed by atoms with van der Waals surface area (Å²) >= 11 is 0. The van der Waals surface area contributed by atoms with Gasteiger partial charge >= 0.3 is 5.97 Å². The van der Waals surface area contributed by atoms with E-state index in [-0.39, 0.29) is 5.97 Å². The van der Waals surface area contributed by atoms with Gasteiger partial charge in [0, 0.05) is 17.9 Å². The Morgan fingerprint density at radius 1 is 1.71 bits per heavy atom. The van der Waals surface area contributed by atoms with Crippen LogP contribution in [0.4, 0.5) is 0 Å². The summed E-state index contributed by atoms with van der Waals surface area (Å²) < 4.78 is 6.87. The van der Waals surface area contributed by atoms with Crippen LogP contribution in [0.25, 0.3) is 6.08 Å². The Morgan fingerprint density at radius 3 is 3.14 bits per heavy atom. The summed E-state index contributed by atoms with van der Waals surface area (Å²) in [6.07, 6.45) is 3.83. The van der Waals surface area contributed by atoms with Gasteiger partial charge in [0.15, 0.2) is 0 Å². The van der Waals surface area contributed by atoms with Crippen molar-refractivity contribution in [3.63, 3.8) is 0 Å². The molecule has 0 radical (unpaired) electrons. The lowest BCUT2D eigenvalue weighted by atomic mass is 10.2. The predicted molar refractivity (Wildman–Crippen MR) is 54.2 cm³/mol. The molecule has 1 aromatic rings. The van der Waals surface area contributed by atoms with Gasteiger partial charge in [-0.15, -0.1) is 0 Å². The molecular weight excluding hydrogens is 178 g/mol. The number of carbonyl (C=O) groups excluding carboxylic acids is 1. The molecule has 0 amide bonds. The molecule has 2 rings (SSSR count). The highest BCUT2D eigenvalue weighted by Gasteiger charge is 2.22. The molecule has 3 nitrogen and oxygen atoms in total. The number of hydrogen-bond donors (Lipinski definition) is 0. The van der Waals surface area contributed by atoms with Crippen molar-refractivity contribution in [3.8, 4) is 0 Å². The van der Waals surface area contributed by atoms with Gasteiger partial charge in [0.25, 0.3) is 0 Å². The van der Waals surface area contributed by atoms with Crippen LogP contribution in [0.5, 0.6) is 0 Å². The summed E-state index contributed by atoms with van der Waals surface area (Å²) in [6, 6.07) is 1.85. The molecule has 3 heteroatoms. The Hall–Kier alpha value is -1.51. The summed E-state index contributed by atoms with van der Waals surface area (Å²) in [6.45, 7) is 4.71. The Labute approximate surface area is 83.0 Å². The van der Waals surface area contributed by atoms with Gasteiger partial charge in [-0.05, 0) is 25.0 Å². The SMILES string of the molecule is C=Cc1cc(C(=O)OC)c2n1CCC2. The van der Waals surface area contributed by atoms with Crippen molar-refractivity contribution in [2.24, 2.45) is 0 Å². The molecule has 0 saturated heterocycles. The molecule has 0 unspecified atom stereocenters. The standard InChI is InChI=1S/C11H13NO2/c1-3-8-7-9(11(13)14-2)10-5-4-6-12(8)10/h3,7H,1,4-6H2,2H3. The van der Waals surface area contributed by atoms with E-state index in [0.29, 0.717) is 5.56 Å². The molecule has 1 aromatic heterocycles. The van der Waals surface area contributed by atoms with Gasteiger partial charge in [-0.1, -0.05) is 6.58 Å². The highest BCUT2D eigenvalue weighted by molar-refractivity contribution is 5.91. The first kappa shape index (κ1) is 9.06. The van der Waals surface area contributed by atoms with Crippen LogP contribution >= 0.6 is 0 Å². The minimum Gasteiger partial charge on any atom is -0.465 e. The fourth-order valence-electron chi connectivity index (χ4n) is 2.00. The monoisotopic (exact) mass is 191 g/mol. The minimum atomic E-state index is -0.247. The largest absolute Gasteiger partial charge is 0.465 e. The molecule has 74 valence electrons. The van der Waals surface area contributed by atoms with E-state index in [0.717, 1.165) is 30.8 Å². The van der Waals surface area contributed by atoms with Crippen molar-refractivity contribution >= 4 is 12.0 Å². The number of rotatable bonds is 2. The summed E-state index contributed by atoms with van der Waals surface area (Å²) in [7, 11) is 1.41. The molecule has 0 aliphatic carbocycles. The second kappa shape index (κ2) is 3.33. The highest BCUT2D eigenvalue weighted by Crippen LogP contribution is 2.25. The fraction of sp³-hybridized carbons (Fsp3) is 0.364. The predicted octanol–water partition coefficient (Wildman–Crippen LogP) is 1.86. The quantitative estimate of drug-likeness (QED) is 0.668.